The van der Waals surface area contributed by atoms with Gasteiger partial charge in [-0.25, -0.2) is 0 Å². The average molecular weight is 534 g/mol. The van der Waals surface area contributed by atoms with Gasteiger partial charge in [0.25, 0.3) is 5.79 Å². The number of fused-ring (bicyclic) bond motifs is 1. The summed E-state index contributed by atoms with van der Waals surface area (Å²) in [7, 11) is 0. The number of hydrogen-bond donors (Lipinski definition) is 1. The maximum absolute atomic E-state index is 13.2. The Bertz CT molecular complexity index is 1460. The van der Waals surface area contributed by atoms with Crippen molar-refractivity contribution >= 4 is 34.4 Å². The number of rotatable bonds is 8. The highest BCUT2D eigenvalue weighted by molar-refractivity contribution is 6.30. The quantitative estimate of drug-likeness (QED) is 0.209. The van der Waals surface area contributed by atoms with Crippen LogP contribution in [-0.4, -0.2) is 29.3 Å². The van der Waals surface area contributed by atoms with Crippen LogP contribution in [0.15, 0.2) is 72.9 Å². The van der Waals surface area contributed by atoms with Crippen LogP contribution in [0, 0.1) is 5.92 Å². The lowest BCUT2D eigenvalue weighted by atomic mass is 9.80. The summed E-state index contributed by atoms with van der Waals surface area (Å²) in [5.41, 5.74) is 3.30. The van der Waals surface area contributed by atoms with E-state index < -0.39 is 29.6 Å². The predicted octanol–water partition coefficient (Wildman–Crippen LogP) is 6.38. The summed E-state index contributed by atoms with van der Waals surface area (Å²) >= 11 is 5.99. The van der Waals surface area contributed by atoms with Gasteiger partial charge in [-0.3, -0.25) is 9.59 Å². The lowest BCUT2D eigenvalue weighted by Gasteiger charge is -2.36. The smallest absolute Gasteiger partial charge is 0.324 e. The molecule has 0 spiro atoms. The Morgan fingerprint density at radius 3 is 2.37 bits per heavy atom. The van der Waals surface area contributed by atoms with E-state index in [2.05, 4.69) is 4.98 Å². The van der Waals surface area contributed by atoms with Crippen molar-refractivity contribution in [1.82, 2.24) is 4.98 Å². The van der Waals surface area contributed by atoms with Gasteiger partial charge >= 0.3 is 11.9 Å². The molecule has 0 unspecified atom stereocenters. The predicted molar refractivity (Wildman–Crippen MR) is 143 cm³/mol. The molecule has 0 amide bonds. The Balaban J connectivity index is 1.56. The van der Waals surface area contributed by atoms with Gasteiger partial charge in [-0.1, -0.05) is 48.0 Å². The van der Waals surface area contributed by atoms with Crippen LogP contribution in [0.1, 0.15) is 43.4 Å². The summed E-state index contributed by atoms with van der Waals surface area (Å²) in [5, 5.41) is 1.54. The number of hydrogen-bond acceptors (Lipinski definition) is 6. The van der Waals surface area contributed by atoms with Crippen molar-refractivity contribution in [2.24, 2.45) is 5.92 Å². The molecule has 1 aliphatic heterocycles. The standard InChI is InChI=1S/C30H28ClNO6/c1-4-35-25-15-19(11-14-24(25)36-17-18-9-12-20(31)13-10-18)26(22-16-32-23-8-6-5-7-21(22)23)27-28(33)37-30(2,3)38-29(27)34/h5-16,26-27,32H,4,17H2,1-3H3/t26-/m1/s1. The first-order valence-corrected chi connectivity index (χ1v) is 12.8. The third-order valence-electron chi connectivity index (χ3n) is 6.42. The van der Waals surface area contributed by atoms with Gasteiger partial charge in [0.1, 0.15) is 6.61 Å². The van der Waals surface area contributed by atoms with Crippen molar-refractivity contribution in [3.8, 4) is 11.5 Å². The maximum atomic E-state index is 13.2. The fourth-order valence-corrected chi connectivity index (χ4v) is 4.88. The summed E-state index contributed by atoms with van der Waals surface area (Å²) in [5.74, 6) is -3.44. The van der Waals surface area contributed by atoms with Crippen molar-refractivity contribution in [2.45, 2.75) is 39.1 Å². The third-order valence-corrected chi connectivity index (χ3v) is 6.68. The first-order valence-electron chi connectivity index (χ1n) is 12.4. The van der Waals surface area contributed by atoms with Crippen LogP contribution in [0.5, 0.6) is 11.5 Å². The Labute approximate surface area is 225 Å². The number of ether oxygens (including phenoxy) is 4. The Kier molecular flexibility index (Phi) is 7.04. The van der Waals surface area contributed by atoms with E-state index in [4.69, 9.17) is 30.5 Å². The minimum absolute atomic E-state index is 0.318. The number of nitrogens with one attached hydrogen (secondary N) is 1. The molecule has 1 atom stereocenters. The SMILES string of the molecule is CCOc1cc([C@H](c2c[nH]c3ccccc23)C2C(=O)OC(C)(C)OC2=O)ccc1OCc1ccc(Cl)cc1. The highest BCUT2D eigenvalue weighted by Crippen LogP contribution is 2.43. The van der Waals surface area contributed by atoms with Crippen LogP contribution in [-0.2, 0) is 25.7 Å². The Morgan fingerprint density at radius 2 is 1.66 bits per heavy atom. The number of para-hydroxylation sites is 1. The fourth-order valence-electron chi connectivity index (χ4n) is 4.75. The molecule has 4 aromatic rings. The van der Waals surface area contributed by atoms with E-state index in [-0.39, 0.29) is 0 Å². The lowest BCUT2D eigenvalue weighted by molar-refractivity contribution is -0.240. The molecule has 0 radical (unpaired) electrons. The van der Waals surface area contributed by atoms with Gasteiger partial charge in [-0.2, -0.15) is 0 Å². The zero-order valence-electron chi connectivity index (χ0n) is 21.3. The van der Waals surface area contributed by atoms with Crippen LogP contribution in [0.2, 0.25) is 5.02 Å². The lowest BCUT2D eigenvalue weighted by Crippen LogP contribution is -2.48. The minimum atomic E-state index is -1.33. The second kappa shape index (κ2) is 10.4. The van der Waals surface area contributed by atoms with E-state index in [1.165, 1.54) is 0 Å². The van der Waals surface area contributed by atoms with Crippen LogP contribution < -0.4 is 9.47 Å². The third kappa shape index (κ3) is 5.20. The molecule has 0 saturated carbocycles. The number of aromatic amines is 1. The van der Waals surface area contributed by atoms with Crippen molar-refractivity contribution in [1.29, 1.82) is 0 Å². The van der Waals surface area contributed by atoms with Gasteiger partial charge in [-0.15, -0.1) is 0 Å². The summed E-state index contributed by atoms with van der Waals surface area (Å²) in [6.07, 6.45) is 1.82. The fraction of sp³-hybridized carbons (Fsp3) is 0.267. The monoisotopic (exact) mass is 533 g/mol. The van der Waals surface area contributed by atoms with Gasteiger partial charge < -0.3 is 23.9 Å². The molecule has 1 N–H and O–H groups in total. The van der Waals surface area contributed by atoms with E-state index >= 15 is 0 Å². The van der Waals surface area contributed by atoms with Crippen molar-refractivity contribution < 1.29 is 28.5 Å². The summed E-state index contributed by atoms with van der Waals surface area (Å²) in [4.78, 5) is 29.7. The second-order valence-electron chi connectivity index (χ2n) is 9.54. The number of aromatic nitrogens is 1. The van der Waals surface area contributed by atoms with E-state index in [0.717, 1.165) is 22.0 Å². The van der Waals surface area contributed by atoms with Crippen molar-refractivity contribution in [3.05, 3.63) is 94.6 Å². The van der Waals surface area contributed by atoms with Gasteiger partial charge in [0.15, 0.2) is 17.4 Å². The Morgan fingerprint density at radius 1 is 0.947 bits per heavy atom. The first kappa shape index (κ1) is 25.7. The first-order chi connectivity index (χ1) is 18.3. The molecule has 1 aliphatic rings. The maximum Gasteiger partial charge on any atom is 0.324 e. The molecule has 38 heavy (non-hydrogen) atoms. The molecule has 1 aromatic heterocycles. The number of carbonyl (C=O) groups is 2. The molecule has 0 bridgehead atoms. The molecule has 196 valence electrons. The number of esters is 2. The number of H-pyrrole nitrogens is 1. The largest absolute Gasteiger partial charge is 0.490 e. The van der Waals surface area contributed by atoms with Crippen LogP contribution in [0.25, 0.3) is 10.9 Å². The number of carbonyl (C=O) groups excluding carboxylic acids is 2. The van der Waals surface area contributed by atoms with Crippen LogP contribution in [0.4, 0.5) is 0 Å². The number of halogens is 1. The van der Waals surface area contributed by atoms with Gasteiger partial charge in [0.2, 0.25) is 0 Å². The van der Waals surface area contributed by atoms with E-state index in [1.807, 2.05) is 73.8 Å². The molecule has 1 fully saturated rings. The second-order valence-corrected chi connectivity index (χ2v) is 9.98. The molecular formula is C30H28ClNO6. The molecular weight excluding hydrogens is 506 g/mol. The molecule has 8 heteroatoms. The zero-order chi connectivity index (χ0) is 26.9. The van der Waals surface area contributed by atoms with Gasteiger partial charge in [-0.05, 0) is 53.9 Å². The molecule has 0 aliphatic carbocycles. The number of benzene rings is 3. The molecule has 3 aromatic carbocycles. The Hall–Kier alpha value is -3.97. The van der Waals surface area contributed by atoms with Gasteiger partial charge in [0, 0.05) is 41.9 Å². The van der Waals surface area contributed by atoms with E-state index in [0.29, 0.717) is 35.3 Å². The molecule has 1 saturated heterocycles. The molecule has 2 heterocycles. The molecule has 7 nitrogen and oxygen atoms in total. The van der Waals surface area contributed by atoms with Crippen LogP contribution >= 0.6 is 11.6 Å². The normalized spacial score (nSPS) is 16.1. The number of cyclic esters (lactones) is 2. The van der Waals surface area contributed by atoms with Crippen LogP contribution in [0.3, 0.4) is 0 Å². The highest BCUT2D eigenvalue weighted by atomic mass is 35.5. The molecule has 5 rings (SSSR count). The summed E-state index contributed by atoms with van der Waals surface area (Å²) in [6.45, 7) is 5.68. The van der Waals surface area contributed by atoms with Gasteiger partial charge in [0.05, 0.1) is 6.61 Å². The highest BCUT2D eigenvalue weighted by Gasteiger charge is 2.48. The van der Waals surface area contributed by atoms with Crippen molar-refractivity contribution in [2.75, 3.05) is 6.61 Å². The zero-order valence-corrected chi connectivity index (χ0v) is 22.1. The topological polar surface area (TPSA) is 86.9 Å². The average Bonchev–Trinajstić information content (AvgIpc) is 3.30. The summed E-state index contributed by atoms with van der Waals surface area (Å²) in [6, 6.07) is 20.6. The van der Waals surface area contributed by atoms with E-state index in [1.54, 1.807) is 19.9 Å². The minimum Gasteiger partial charge on any atom is -0.490 e. The summed E-state index contributed by atoms with van der Waals surface area (Å²) < 4.78 is 23.0. The van der Waals surface area contributed by atoms with E-state index in [9.17, 15) is 9.59 Å². The van der Waals surface area contributed by atoms with Crippen molar-refractivity contribution in [3.63, 3.8) is 0 Å².